The predicted molar refractivity (Wildman–Crippen MR) is 96.8 cm³/mol. The quantitative estimate of drug-likeness (QED) is 0.749. The lowest BCUT2D eigenvalue weighted by Gasteiger charge is -1.98. The average Bonchev–Trinajstić information content (AvgIpc) is 3.39. The van der Waals surface area contributed by atoms with Crippen molar-refractivity contribution in [2.24, 2.45) is 9.98 Å². The van der Waals surface area contributed by atoms with Crippen molar-refractivity contribution in [2.75, 3.05) is 0 Å². The van der Waals surface area contributed by atoms with Crippen molar-refractivity contribution < 1.29 is 0 Å². The van der Waals surface area contributed by atoms with E-state index >= 15 is 0 Å². The molecule has 2 aromatic rings. The maximum atomic E-state index is 4.76. The molecular weight excluding hydrogens is 296 g/mol. The van der Waals surface area contributed by atoms with Crippen LogP contribution >= 0.6 is 0 Å². The molecule has 0 aliphatic carbocycles. The zero-order valence-corrected chi connectivity index (χ0v) is 13.5. The summed E-state index contributed by atoms with van der Waals surface area (Å²) in [6, 6.07) is 8.42. The van der Waals surface area contributed by atoms with E-state index in [-0.39, 0.29) is 0 Å². The van der Waals surface area contributed by atoms with E-state index in [9.17, 15) is 0 Å². The molecule has 0 spiro atoms. The third kappa shape index (κ3) is 1.86. The molecule has 0 amide bonds. The summed E-state index contributed by atoms with van der Waals surface area (Å²) in [5.41, 5.74) is 6.05. The fourth-order valence-corrected chi connectivity index (χ4v) is 3.25. The lowest BCUT2D eigenvalue weighted by molar-refractivity contribution is 1.17. The van der Waals surface area contributed by atoms with Gasteiger partial charge in [0.2, 0.25) is 0 Å². The first-order chi connectivity index (χ1) is 11.7. The Morgan fingerprint density at radius 3 is 1.46 bits per heavy atom. The zero-order chi connectivity index (χ0) is 16.3. The van der Waals surface area contributed by atoms with Gasteiger partial charge in [-0.1, -0.05) is 0 Å². The molecule has 2 N–H and O–H groups in total. The molecule has 116 valence electrons. The Labute approximate surface area is 138 Å². The van der Waals surface area contributed by atoms with Gasteiger partial charge in [-0.25, -0.2) is 9.98 Å². The van der Waals surface area contributed by atoms with E-state index in [1.165, 1.54) is 0 Å². The first kappa shape index (κ1) is 13.3. The van der Waals surface area contributed by atoms with Crippen LogP contribution in [-0.4, -0.2) is 21.4 Å². The molecule has 0 saturated heterocycles. The Morgan fingerprint density at radius 2 is 1.00 bits per heavy atom. The van der Waals surface area contributed by atoms with Crippen molar-refractivity contribution in [3.05, 3.63) is 81.4 Å². The van der Waals surface area contributed by atoms with Gasteiger partial charge in [-0.05, 0) is 73.6 Å². The van der Waals surface area contributed by atoms with Gasteiger partial charge in [0.05, 0.1) is 33.5 Å². The van der Waals surface area contributed by atoms with Crippen molar-refractivity contribution in [3.63, 3.8) is 0 Å². The smallest absolute Gasteiger partial charge is 0.0894 e. The van der Waals surface area contributed by atoms with Gasteiger partial charge in [-0.15, -0.1) is 0 Å². The first-order valence-electron chi connectivity index (χ1n) is 8.04. The number of allylic oxidation sites excluding steroid dienone is 4. The van der Waals surface area contributed by atoms with Gasteiger partial charge >= 0.3 is 0 Å². The molecule has 3 aliphatic heterocycles. The maximum absolute atomic E-state index is 4.76. The third-order valence-corrected chi connectivity index (χ3v) is 4.78. The van der Waals surface area contributed by atoms with Gasteiger partial charge in [0, 0.05) is 10.7 Å². The minimum absolute atomic E-state index is 0.916. The fourth-order valence-electron chi connectivity index (χ4n) is 3.25. The molecule has 0 unspecified atom stereocenters. The molecule has 4 heteroatoms. The highest BCUT2D eigenvalue weighted by Crippen LogP contribution is 2.23. The number of aromatic amines is 2. The number of nitrogens with zero attached hydrogens (tertiary/aromatic N) is 2. The van der Waals surface area contributed by atoms with Gasteiger partial charge in [-0.3, -0.25) is 0 Å². The van der Waals surface area contributed by atoms with Crippen LogP contribution in [0.3, 0.4) is 0 Å². The molecule has 4 nitrogen and oxygen atoms in total. The summed E-state index contributed by atoms with van der Waals surface area (Å²) in [6.07, 6.45) is 8.19. The third-order valence-electron chi connectivity index (χ3n) is 4.78. The number of hydrogen-bond donors (Lipinski definition) is 2. The van der Waals surface area contributed by atoms with E-state index in [1.807, 2.05) is 12.2 Å². The topological polar surface area (TPSA) is 56.3 Å². The van der Waals surface area contributed by atoms with E-state index in [4.69, 9.17) is 9.98 Å². The van der Waals surface area contributed by atoms with Gasteiger partial charge in [0.1, 0.15) is 0 Å². The van der Waals surface area contributed by atoms with Crippen LogP contribution in [0, 0.1) is 10.7 Å². The van der Waals surface area contributed by atoms with Crippen molar-refractivity contribution in [1.29, 1.82) is 0 Å². The van der Waals surface area contributed by atoms with E-state index < -0.39 is 0 Å². The van der Waals surface area contributed by atoms with E-state index in [1.54, 1.807) is 0 Å². The molecule has 8 bridgehead atoms. The van der Waals surface area contributed by atoms with Crippen LogP contribution in [0.2, 0.25) is 0 Å². The summed E-state index contributed by atoms with van der Waals surface area (Å²) >= 11 is 0. The minimum atomic E-state index is 0.916. The van der Waals surface area contributed by atoms with Gasteiger partial charge in [-0.2, -0.15) is 0 Å². The number of aromatic nitrogens is 2. The molecule has 0 radical (unpaired) electrons. The van der Waals surface area contributed by atoms with E-state index in [2.05, 4.69) is 60.2 Å². The Bertz CT molecular complexity index is 1160. The second-order valence-electron chi connectivity index (χ2n) is 6.25. The molecule has 0 fully saturated rings. The summed E-state index contributed by atoms with van der Waals surface area (Å²) in [4.78, 5) is 16.5. The molecule has 24 heavy (non-hydrogen) atoms. The van der Waals surface area contributed by atoms with Crippen LogP contribution < -0.4 is 10.7 Å². The zero-order valence-electron chi connectivity index (χ0n) is 13.5. The van der Waals surface area contributed by atoms with Crippen LogP contribution in [0.25, 0.3) is 11.1 Å². The van der Waals surface area contributed by atoms with Gasteiger partial charge in [0.15, 0.2) is 0 Å². The Kier molecular flexibility index (Phi) is 2.59. The van der Waals surface area contributed by atoms with Crippen molar-refractivity contribution >= 4 is 22.6 Å². The summed E-state index contributed by atoms with van der Waals surface area (Å²) in [6.45, 7) is 4.19. The lowest BCUT2D eigenvalue weighted by atomic mass is 10.2. The Hall–Kier alpha value is -3.14. The Morgan fingerprint density at radius 1 is 0.583 bits per heavy atom. The van der Waals surface area contributed by atoms with Crippen molar-refractivity contribution in [1.82, 2.24) is 9.97 Å². The molecule has 3 aliphatic rings. The SMILES string of the molecule is CC1=c2ccc([nH]2)=c2ccc([nH]2)=C(C)C2=NC(=C3C=CC1=N3)C=C2. The number of fused-ring (bicyclic) bond motifs is 6. The molecule has 0 saturated carbocycles. The largest absolute Gasteiger partial charge is 0.354 e. The van der Waals surface area contributed by atoms with Crippen LogP contribution in [-0.2, 0) is 0 Å². The first-order valence-corrected chi connectivity index (χ1v) is 8.04. The molecule has 5 rings (SSSR count). The fraction of sp³-hybridized carbons (Fsp3) is 0.100. The minimum Gasteiger partial charge on any atom is -0.354 e. The molecule has 2 aromatic heterocycles. The second kappa shape index (κ2) is 4.68. The molecule has 0 atom stereocenters. The molecule has 0 aromatic carbocycles. The Balaban J connectivity index is 1.97. The monoisotopic (exact) mass is 312 g/mol. The predicted octanol–water partition coefficient (Wildman–Crippen LogP) is 2.22. The molecule has 5 heterocycles. The summed E-state index contributed by atoms with van der Waals surface area (Å²) < 4.78 is 0. The highest BCUT2D eigenvalue weighted by Gasteiger charge is 2.15. The highest BCUT2D eigenvalue weighted by atomic mass is 14.9. The number of rotatable bonds is 0. The average molecular weight is 312 g/mol. The molecular formula is C20H16N4. The van der Waals surface area contributed by atoms with E-state index in [0.29, 0.717) is 0 Å². The van der Waals surface area contributed by atoms with Crippen molar-refractivity contribution in [2.45, 2.75) is 13.8 Å². The van der Waals surface area contributed by atoms with Crippen molar-refractivity contribution in [3.8, 4) is 0 Å². The van der Waals surface area contributed by atoms with Gasteiger partial charge in [0.25, 0.3) is 0 Å². The number of aliphatic imine (C=N–C) groups is 2. The normalized spacial score (nSPS) is 18.2. The standard InChI is InChI=1S/C20H16N4/c1-11-13-3-7-17(21-13)19-9-5-15(23-19)12(2)16-6-10-20(24-16)18-8-4-14(11)22-18/h3-10,21,23H,1-2H3. The summed E-state index contributed by atoms with van der Waals surface area (Å²) in [5.74, 6) is 0. The van der Waals surface area contributed by atoms with Crippen LogP contribution in [0.4, 0.5) is 0 Å². The number of H-pyrrole nitrogens is 2. The summed E-state index contributed by atoms with van der Waals surface area (Å²) in [7, 11) is 0. The van der Waals surface area contributed by atoms with E-state index in [0.717, 1.165) is 55.4 Å². The van der Waals surface area contributed by atoms with Gasteiger partial charge < -0.3 is 9.97 Å². The van der Waals surface area contributed by atoms with Crippen LogP contribution in [0.5, 0.6) is 0 Å². The number of hydrogen-bond acceptors (Lipinski definition) is 2. The second-order valence-corrected chi connectivity index (χ2v) is 6.25. The lowest BCUT2D eigenvalue weighted by Crippen LogP contribution is -2.11. The van der Waals surface area contributed by atoms with Crippen LogP contribution in [0.1, 0.15) is 13.8 Å². The number of nitrogens with one attached hydrogen (secondary N) is 2. The highest BCUT2D eigenvalue weighted by molar-refractivity contribution is 6.26. The van der Waals surface area contributed by atoms with Crippen LogP contribution in [0.15, 0.2) is 69.9 Å². The maximum Gasteiger partial charge on any atom is 0.0894 e. The summed E-state index contributed by atoms with van der Waals surface area (Å²) in [5, 5.41) is 4.31.